The van der Waals surface area contributed by atoms with Crippen molar-refractivity contribution in [3.63, 3.8) is 0 Å². The first-order chi connectivity index (χ1) is 6.83. The van der Waals surface area contributed by atoms with Crippen molar-refractivity contribution in [1.82, 2.24) is 4.98 Å². The maximum absolute atomic E-state index is 9.92. The highest BCUT2D eigenvalue weighted by Gasteiger charge is 2.09. The zero-order chi connectivity index (χ0) is 9.97. The third-order valence-electron chi connectivity index (χ3n) is 2.55. The van der Waals surface area contributed by atoms with Gasteiger partial charge in [-0.1, -0.05) is 25.5 Å². The molecule has 0 spiro atoms. The Labute approximate surface area is 83.6 Å². The molecule has 1 heterocycles. The van der Waals surface area contributed by atoms with Crippen molar-refractivity contribution in [2.45, 2.75) is 25.9 Å². The van der Waals surface area contributed by atoms with Gasteiger partial charge in [0, 0.05) is 17.1 Å². The quantitative estimate of drug-likeness (QED) is 0.765. The summed E-state index contributed by atoms with van der Waals surface area (Å²) < 4.78 is 0. The van der Waals surface area contributed by atoms with E-state index in [1.54, 1.807) is 0 Å². The third-order valence-corrected chi connectivity index (χ3v) is 2.55. The minimum absolute atomic E-state index is 0.334. The molecule has 0 bridgehead atoms. The van der Waals surface area contributed by atoms with Gasteiger partial charge in [0.2, 0.25) is 0 Å². The molecule has 2 N–H and O–H groups in total. The van der Waals surface area contributed by atoms with Gasteiger partial charge >= 0.3 is 0 Å². The van der Waals surface area contributed by atoms with Crippen molar-refractivity contribution in [3.8, 4) is 0 Å². The van der Waals surface area contributed by atoms with Gasteiger partial charge in [-0.25, -0.2) is 0 Å². The average Bonchev–Trinajstić information content (AvgIpc) is 2.65. The molecule has 74 valence electrons. The Kier molecular flexibility index (Phi) is 2.55. The number of H-pyrrole nitrogens is 1. The molecule has 0 amide bonds. The SMILES string of the molecule is CCCC(O)c1cccc2[nH]ccc12. The number of aliphatic hydroxyl groups excluding tert-OH is 1. The molecule has 2 nitrogen and oxygen atoms in total. The van der Waals surface area contributed by atoms with Crippen molar-refractivity contribution in [1.29, 1.82) is 0 Å². The first-order valence-electron chi connectivity index (χ1n) is 5.07. The fourth-order valence-electron chi connectivity index (χ4n) is 1.83. The molecule has 0 aliphatic heterocycles. The van der Waals surface area contributed by atoms with Crippen LogP contribution in [-0.2, 0) is 0 Å². The van der Waals surface area contributed by atoms with Crippen LogP contribution in [0.2, 0.25) is 0 Å². The van der Waals surface area contributed by atoms with E-state index >= 15 is 0 Å². The number of fused-ring (bicyclic) bond motifs is 1. The summed E-state index contributed by atoms with van der Waals surface area (Å²) in [6.07, 6.45) is 3.40. The molecule has 0 radical (unpaired) electrons. The molecule has 1 aromatic carbocycles. The van der Waals surface area contributed by atoms with Crippen molar-refractivity contribution in [3.05, 3.63) is 36.0 Å². The van der Waals surface area contributed by atoms with E-state index in [2.05, 4.69) is 11.9 Å². The minimum atomic E-state index is -0.334. The van der Waals surface area contributed by atoms with E-state index < -0.39 is 0 Å². The smallest absolute Gasteiger partial charge is 0.0796 e. The van der Waals surface area contributed by atoms with Crippen LogP contribution in [0.15, 0.2) is 30.5 Å². The van der Waals surface area contributed by atoms with Crippen LogP contribution in [0.3, 0.4) is 0 Å². The molecule has 1 unspecified atom stereocenters. The summed E-state index contributed by atoms with van der Waals surface area (Å²) in [5, 5.41) is 11.1. The summed E-state index contributed by atoms with van der Waals surface area (Å²) in [5.41, 5.74) is 2.13. The van der Waals surface area contributed by atoms with E-state index in [0.29, 0.717) is 0 Å². The van der Waals surface area contributed by atoms with Gasteiger partial charge in [0.25, 0.3) is 0 Å². The lowest BCUT2D eigenvalue weighted by Gasteiger charge is -2.10. The Balaban J connectivity index is 2.45. The predicted molar refractivity (Wildman–Crippen MR) is 58.2 cm³/mol. The Morgan fingerprint density at radius 1 is 1.36 bits per heavy atom. The predicted octanol–water partition coefficient (Wildman–Crippen LogP) is 3.00. The van der Waals surface area contributed by atoms with E-state index in [1.165, 1.54) is 0 Å². The van der Waals surface area contributed by atoms with Gasteiger partial charge in [-0.05, 0) is 24.1 Å². The van der Waals surface area contributed by atoms with Gasteiger partial charge in [0.15, 0.2) is 0 Å². The first-order valence-corrected chi connectivity index (χ1v) is 5.07. The van der Waals surface area contributed by atoms with Crippen molar-refractivity contribution in [2.75, 3.05) is 0 Å². The second-order valence-corrected chi connectivity index (χ2v) is 3.59. The molecule has 2 aromatic rings. The van der Waals surface area contributed by atoms with Gasteiger partial charge < -0.3 is 10.1 Å². The van der Waals surface area contributed by atoms with Gasteiger partial charge in [0.1, 0.15) is 0 Å². The lowest BCUT2D eigenvalue weighted by atomic mass is 10.0. The Hall–Kier alpha value is -1.28. The summed E-state index contributed by atoms with van der Waals surface area (Å²) in [6.45, 7) is 2.08. The summed E-state index contributed by atoms with van der Waals surface area (Å²) in [5.74, 6) is 0. The van der Waals surface area contributed by atoms with E-state index in [0.717, 1.165) is 29.3 Å². The van der Waals surface area contributed by atoms with Crippen LogP contribution in [0.4, 0.5) is 0 Å². The van der Waals surface area contributed by atoms with Crippen LogP contribution >= 0.6 is 0 Å². The summed E-state index contributed by atoms with van der Waals surface area (Å²) in [7, 11) is 0. The molecular weight excluding hydrogens is 174 g/mol. The number of hydrogen-bond donors (Lipinski definition) is 2. The molecule has 1 aromatic heterocycles. The third kappa shape index (κ3) is 1.53. The van der Waals surface area contributed by atoms with Crippen LogP contribution < -0.4 is 0 Å². The highest BCUT2D eigenvalue weighted by Crippen LogP contribution is 2.26. The molecular formula is C12H15NO. The van der Waals surface area contributed by atoms with Crippen LogP contribution in [0.5, 0.6) is 0 Å². The zero-order valence-electron chi connectivity index (χ0n) is 8.33. The topological polar surface area (TPSA) is 36.0 Å². The van der Waals surface area contributed by atoms with Crippen molar-refractivity contribution in [2.24, 2.45) is 0 Å². The van der Waals surface area contributed by atoms with E-state index in [9.17, 15) is 5.11 Å². The molecule has 0 aliphatic rings. The summed E-state index contributed by atoms with van der Waals surface area (Å²) in [6, 6.07) is 8.02. The number of aromatic nitrogens is 1. The van der Waals surface area contributed by atoms with Gasteiger partial charge in [-0.2, -0.15) is 0 Å². The Bertz CT molecular complexity index is 419. The van der Waals surface area contributed by atoms with Gasteiger partial charge in [-0.15, -0.1) is 0 Å². The fourth-order valence-corrected chi connectivity index (χ4v) is 1.83. The number of nitrogens with one attached hydrogen (secondary N) is 1. The molecule has 2 rings (SSSR count). The molecule has 0 saturated carbocycles. The Morgan fingerprint density at radius 2 is 2.21 bits per heavy atom. The number of hydrogen-bond acceptors (Lipinski definition) is 1. The second-order valence-electron chi connectivity index (χ2n) is 3.59. The maximum atomic E-state index is 9.92. The lowest BCUT2D eigenvalue weighted by Crippen LogP contribution is -1.96. The number of aromatic amines is 1. The first kappa shape index (κ1) is 9.28. The fraction of sp³-hybridized carbons (Fsp3) is 0.333. The Morgan fingerprint density at radius 3 is 3.00 bits per heavy atom. The van der Waals surface area contributed by atoms with Crippen LogP contribution in [0.25, 0.3) is 10.9 Å². The summed E-state index contributed by atoms with van der Waals surface area (Å²) >= 11 is 0. The van der Waals surface area contributed by atoms with Crippen molar-refractivity contribution < 1.29 is 5.11 Å². The van der Waals surface area contributed by atoms with Crippen LogP contribution in [-0.4, -0.2) is 10.1 Å². The molecule has 0 saturated heterocycles. The monoisotopic (exact) mass is 189 g/mol. The van der Waals surface area contributed by atoms with Crippen molar-refractivity contribution >= 4 is 10.9 Å². The molecule has 2 heteroatoms. The normalized spacial score (nSPS) is 13.3. The minimum Gasteiger partial charge on any atom is -0.388 e. The highest BCUT2D eigenvalue weighted by atomic mass is 16.3. The van der Waals surface area contributed by atoms with Gasteiger partial charge in [-0.3, -0.25) is 0 Å². The number of rotatable bonds is 3. The lowest BCUT2D eigenvalue weighted by molar-refractivity contribution is 0.168. The van der Waals surface area contributed by atoms with E-state index in [1.807, 2.05) is 30.5 Å². The van der Waals surface area contributed by atoms with Gasteiger partial charge in [0.05, 0.1) is 6.10 Å². The molecule has 14 heavy (non-hydrogen) atoms. The van der Waals surface area contributed by atoms with Crippen LogP contribution in [0, 0.1) is 0 Å². The number of benzene rings is 1. The van der Waals surface area contributed by atoms with E-state index in [4.69, 9.17) is 0 Å². The standard InChI is InChI=1S/C12H15NO/c1-2-4-12(14)10-5-3-6-11-9(10)7-8-13-11/h3,5-8,12-14H,2,4H2,1H3. The molecule has 0 fully saturated rings. The highest BCUT2D eigenvalue weighted by molar-refractivity contribution is 5.83. The number of aliphatic hydroxyl groups is 1. The largest absolute Gasteiger partial charge is 0.388 e. The molecule has 1 atom stereocenters. The molecule has 0 aliphatic carbocycles. The second kappa shape index (κ2) is 3.84. The average molecular weight is 189 g/mol. The summed E-state index contributed by atoms with van der Waals surface area (Å²) in [4.78, 5) is 3.15. The zero-order valence-corrected chi connectivity index (χ0v) is 8.33. The van der Waals surface area contributed by atoms with Crippen LogP contribution in [0.1, 0.15) is 31.4 Å². The van der Waals surface area contributed by atoms with E-state index in [-0.39, 0.29) is 6.10 Å². The maximum Gasteiger partial charge on any atom is 0.0796 e.